The predicted octanol–water partition coefficient (Wildman–Crippen LogP) is 4.93. The zero-order chi connectivity index (χ0) is 14.6. The van der Waals surface area contributed by atoms with Crippen LogP contribution in [0.4, 0.5) is 18.9 Å². The topological polar surface area (TPSA) is 24.9 Å². The molecule has 0 spiro atoms. The summed E-state index contributed by atoms with van der Waals surface area (Å²) in [7, 11) is 0. The van der Waals surface area contributed by atoms with E-state index in [4.69, 9.17) is 0 Å². The van der Waals surface area contributed by atoms with Gasteiger partial charge in [0.1, 0.15) is 0 Å². The molecule has 2 rings (SSSR count). The van der Waals surface area contributed by atoms with Gasteiger partial charge in [-0.25, -0.2) is 4.98 Å². The molecular weight excluding hydrogens is 305 g/mol. The zero-order valence-corrected chi connectivity index (χ0v) is 12.3. The van der Waals surface area contributed by atoms with Crippen LogP contribution in [0.2, 0.25) is 0 Å². The van der Waals surface area contributed by atoms with E-state index in [-0.39, 0.29) is 16.7 Å². The fourth-order valence-corrected chi connectivity index (χ4v) is 3.05. The van der Waals surface area contributed by atoms with Gasteiger partial charge in [0.15, 0.2) is 0 Å². The summed E-state index contributed by atoms with van der Waals surface area (Å²) < 4.78 is 37.4. The SMILES string of the molecule is CCc1ncc(CNc2ccccc2SC(F)(F)F)s1. The number of hydrogen-bond donors (Lipinski definition) is 1. The number of nitrogens with one attached hydrogen (secondary N) is 1. The molecule has 0 radical (unpaired) electrons. The number of hydrogen-bond acceptors (Lipinski definition) is 4. The summed E-state index contributed by atoms with van der Waals surface area (Å²) in [5, 5.41) is 4.07. The van der Waals surface area contributed by atoms with Crippen LogP contribution < -0.4 is 5.32 Å². The maximum atomic E-state index is 12.5. The van der Waals surface area contributed by atoms with E-state index < -0.39 is 5.51 Å². The van der Waals surface area contributed by atoms with Crippen molar-refractivity contribution in [3.05, 3.63) is 40.3 Å². The molecule has 2 nitrogen and oxygen atoms in total. The number of halogens is 3. The van der Waals surface area contributed by atoms with Crippen molar-refractivity contribution < 1.29 is 13.2 Å². The van der Waals surface area contributed by atoms with Gasteiger partial charge in [0.25, 0.3) is 0 Å². The molecule has 0 aliphatic rings. The quantitative estimate of drug-likeness (QED) is 0.791. The summed E-state index contributed by atoms with van der Waals surface area (Å²) in [5.74, 6) is 0. The molecule has 0 unspecified atom stereocenters. The lowest BCUT2D eigenvalue weighted by Gasteiger charge is -2.12. The van der Waals surface area contributed by atoms with Crippen molar-refractivity contribution in [2.45, 2.75) is 30.3 Å². The van der Waals surface area contributed by atoms with Gasteiger partial charge >= 0.3 is 5.51 Å². The minimum atomic E-state index is -4.28. The van der Waals surface area contributed by atoms with E-state index in [9.17, 15) is 13.2 Å². The number of alkyl halides is 3. The molecule has 0 saturated heterocycles. The third-order valence-electron chi connectivity index (χ3n) is 2.47. The maximum absolute atomic E-state index is 12.5. The highest BCUT2D eigenvalue weighted by Crippen LogP contribution is 2.40. The Morgan fingerprint density at radius 3 is 2.70 bits per heavy atom. The second kappa shape index (κ2) is 6.49. The second-order valence-corrected chi connectivity index (χ2v) is 6.28. The Labute approximate surface area is 123 Å². The van der Waals surface area contributed by atoms with E-state index in [1.54, 1.807) is 35.7 Å². The second-order valence-electron chi connectivity index (χ2n) is 3.97. The molecule has 7 heteroatoms. The highest BCUT2D eigenvalue weighted by atomic mass is 32.2. The van der Waals surface area contributed by atoms with Crippen molar-refractivity contribution >= 4 is 28.8 Å². The number of aromatic nitrogens is 1. The summed E-state index contributed by atoms with van der Waals surface area (Å²) >= 11 is 1.47. The lowest BCUT2D eigenvalue weighted by atomic mass is 10.3. The predicted molar refractivity (Wildman–Crippen MR) is 77.2 cm³/mol. The molecule has 0 fully saturated rings. The Morgan fingerprint density at radius 2 is 2.05 bits per heavy atom. The number of para-hydroxylation sites is 1. The van der Waals surface area contributed by atoms with Gasteiger partial charge in [-0.15, -0.1) is 11.3 Å². The molecule has 1 aromatic heterocycles. The third-order valence-corrected chi connectivity index (χ3v) is 4.42. The van der Waals surface area contributed by atoms with E-state index >= 15 is 0 Å². The minimum Gasteiger partial charge on any atom is -0.379 e. The smallest absolute Gasteiger partial charge is 0.379 e. The Kier molecular flexibility index (Phi) is 4.93. The normalized spacial score (nSPS) is 11.6. The van der Waals surface area contributed by atoms with E-state index in [2.05, 4.69) is 10.3 Å². The van der Waals surface area contributed by atoms with Crippen molar-refractivity contribution in [3.63, 3.8) is 0 Å². The fraction of sp³-hybridized carbons (Fsp3) is 0.308. The van der Waals surface area contributed by atoms with Crippen LogP contribution in [0.1, 0.15) is 16.8 Å². The lowest BCUT2D eigenvalue weighted by molar-refractivity contribution is -0.0327. The third kappa shape index (κ3) is 4.42. The number of aryl methyl sites for hydroxylation is 1. The molecule has 0 atom stereocenters. The van der Waals surface area contributed by atoms with Gasteiger partial charge in [0.05, 0.1) is 11.6 Å². The van der Waals surface area contributed by atoms with E-state index in [0.717, 1.165) is 16.3 Å². The van der Waals surface area contributed by atoms with Gasteiger partial charge in [-0.05, 0) is 30.3 Å². The molecule has 20 heavy (non-hydrogen) atoms. The van der Waals surface area contributed by atoms with Gasteiger partial charge in [0.2, 0.25) is 0 Å². The zero-order valence-electron chi connectivity index (χ0n) is 10.7. The fourth-order valence-electron chi connectivity index (χ4n) is 1.60. The van der Waals surface area contributed by atoms with Crippen LogP contribution in [-0.4, -0.2) is 10.5 Å². The van der Waals surface area contributed by atoms with Crippen molar-refractivity contribution in [1.29, 1.82) is 0 Å². The van der Waals surface area contributed by atoms with Crippen LogP contribution in [0, 0.1) is 0 Å². The Morgan fingerprint density at radius 1 is 1.30 bits per heavy atom. The molecular formula is C13H13F3N2S2. The maximum Gasteiger partial charge on any atom is 0.446 e. The summed E-state index contributed by atoms with van der Waals surface area (Å²) in [6.07, 6.45) is 2.63. The molecule has 0 amide bonds. The van der Waals surface area contributed by atoms with Crippen LogP contribution >= 0.6 is 23.1 Å². The molecule has 0 aliphatic carbocycles. The molecule has 0 saturated carbocycles. The standard InChI is InChI=1S/C13H13F3N2S2/c1-2-12-18-8-9(19-12)7-17-10-5-3-4-6-11(10)20-13(14,15)16/h3-6,8,17H,2,7H2,1H3. The molecule has 0 aliphatic heterocycles. The van der Waals surface area contributed by atoms with Gasteiger partial charge in [-0.2, -0.15) is 13.2 Å². The Balaban J connectivity index is 2.05. The molecule has 1 N–H and O–H groups in total. The van der Waals surface area contributed by atoms with Crippen LogP contribution in [-0.2, 0) is 13.0 Å². The first-order valence-electron chi connectivity index (χ1n) is 6.00. The summed E-state index contributed by atoms with van der Waals surface area (Å²) in [5.41, 5.74) is -3.79. The van der Waals surface area contributed by atoms with Gasteiger partial charge < -0.3 is 5.32 Å². The van der Waals surface area contributed by atoms with E-state index in [1.807, 2.05) is 6.92 Å². The van der Waals surface area contributed by atoms with Crippen LogP contribution in [0.25, 0.3) is 0 Å². The first-order chi connectivity index (χ1) is 9.48. The van der Waals surface area contributed by atoms with E-state index in [0.29, 0.717) is 12.2 Å². The number of anilines is 1. The number of thiazole rings is 1. The lowest BCUT2D eigenvalue weighted by Crippen LogP contribution is -2.03. The summed E-state index contributed by atoms with van der Waals surface area (Å²) in [4.78, 5) is 5.41. The Hall–Kier alpha value is -1.21. The highest BCUT2D eigenvalue weighted by molar-refractivity contribution is 8.00. The molecule has 1 heterocycles. The first kappa shape index (κ1) is 15.2. The number of nitrogens with zero attached hydrogens (tertiary/aromatic N) is 1. The largest absolute Gasteiger partial charge is 0.446 e. The molecule has 108 valence electrons. The van der Waals surface area contributed by atoms with Crippen molar-refractivity contribution in [2.24, 2.45) is 0 Å². The minimum absolute atomic E-state index is 0.103. The van der Waals surface area contributed by atoms with Gasteiger partial charge in [-0.3, -0.25) is 0 Å². The van der Waals surface area contributed by atoms with Crippen LogP contribution in [0.15, 0.2) is 35.4 Å². The highest BCUT2D eigenvalue weighted by Gasteiger charge is 2.30. The first-order valence-corrected chi connectivity index (χ1v) is 7.63. The molecule has 0 bridgehead atoms. The number of rotatable bonds is 5. The van der Waals surface area contributed by atoms with Gasteiger partial charge in [0, 0.05) is 21.7 Å². The molecule has 1 aromatic carbocycles. The number of thioether (sulfide) groups is 1. The monoisotopic (exact) mass is 318 g/mol. The van der Waals surface area contributed by atoms with Gasteiger partial charge in [-0.1, -0.05) is 19.1 Å². The summed E-state index contributed by atoms with van der Waals surface area (Å²) in [6.45, 7) is 2.50. The number of benzene rings is 1. The average Bonchev–Trinajstić information content (AvgIpc) is 2.84. The van der Waals surface area contributed by atoms with E-state index in [1.165, 1.54) is 6.07 Å². The van der Waals surface area contributed by atoms with Crippen molar-refractivity contribution in [2.75, 3.05) is 5.32 Å². The summed E-state index contributed by atoms with van der Waals surface area (Å²) in [6, 6.07) is 6.43. The average molecular weight is 318 g/mol. The Bertz CT molecular complexity index is 567. The van der Waals surface area contributed by atoms with Crippen LogP contribution in [0.3, 0.4) is 0 Å². The van der Waals surface area contributed by atoms with Crippen LogP contribution in [0.5, 0.6) is 0 Å². The van der Waals surface area contributed by atoms with Crippen molar-refractivity contribution in [1.82, 2.24) is 4.98 Å². The van der Waals surface area contributed by atoms with Crippen molar-refractivity contribution in [3.8, 4) is 0 Å². The molecule has 2 aromatic rings.